The van der Waals surface area contributed by atoms with Gasteiger partial charge in [-0.15, -0.1) is 0 Å². The highest BCUT2D eigenvalue weighted by Gasteiger charge is 2.12. The largest absolute Gasteiger partial charge is 0.346 e. The lowest BCUT2D eigenvalue weighted by molar-refractivity contribution is 0.963. The van der Waals surface area contributed by atoms with Gasteiger partial charge >= 0.3 is 0 Å². The van der Waals surface area contributed by atoms with Gasteiger partial charge in [-0.25, -0.2) is 14.5 Å². The van der Waals surface area contributed by atoms with Crippen molar-refractivity contribution in [1.29, 1.82) is 0 Å². The van der Waals surface area contributed by atoms with E-state index in [9.17, 15) is 0 Å². The lowest BCUT2D eigenvalue weighted by Gasteiger charge is -2.09. The molecule has 0 atom stereocenters. The summed E-state index contributed by atoms with van der Waals surface area (Å²) in [6, 6.07) is 8.23. The van der Waals surface area contributed by atoms with Gasteiger partial charge in [-0.05, 0) is 43.7 Å². The van der Waals surface area contributed by atoms with E-state index in [-0.39, 0.29) is 0 Å². The Kier molecular flexibility index (Phi) is 3.12. The molecule has 0 saturated carbocycles. The molecule has 0 aromatic carbocycles. The quantitative estimate of drug-likeness (QED) is 0.528. The summed E-state index contributed by atoms with van der Waals surface area (Å²) in [5.41, 5.74) is 8.26. The Balaban J connectivity index is 1.72. The van der Waals surface area contributed by atoms with Crippen molar-refractivity contribution in [3.63, 3.8) is 0 Å². The van der Waals surface area contributed by atoms with Crippen LogP contribution < -0.4 is 0 Å². The SMILES string of the molecule is Cc1ccnc(C)c1-c1cnc2[nH]cc(-c3ccc4ncnn4c3)c2c1. The van der Waals surface area contributed by atoms with Crippen molar-refractivity contribution >= 4 is 16.7 Å². The molecule has 0 amide bonds. The molecule has 0 bridgehead atoms. The zero-order valence-corrected chi connectivity index (χ0v) is 14.4. The van der Waals surface area contributed by atoms with Gasteiger partial charge < -0.3 is 4.98 Å². The first kappa shape index (κ1) is 14.8. The highest BCUT2D eigenvalue weighted by Crippen LogP contribution is 2.32. The number of H-pyrrole nitrogens is 1. The fourth-order valence-corrected chi connectivity index (χ4v) is 3.49. The van der Waals surface area contributed by atoms with Gasteiger partial charge in [-0.1, -0.05) is 0 Å². The zero-order chi connectivity index (χ0) is 17.7. The Morgan fingerprint density at radius 2 is 1.92 bits per heavy atom. The van der Waals surface area contributed by atoms with Crippen LogP contribution in [0.25, 0.3) is 38.9 Å². The van der Waals surface area contributed by atoms with E-state index in [4.69, 9.17) is 0 Å². The van der Waals surface area contributed by atoms with Crippen LogP contribution in [-0.2, 0) is 0 Å². The summed E-state index contributed by atoms with van der Waals surface area (Å²) in [6.45, 7) is 4.13. The first-order valence-corrected chi connectivity index (χ1v) is 8.40. The maximum Gasteiger partial charge on any atom is 0.155 e. The van der Waals surface area contributed by atoms with Gasteiger partial charge in [0.2, 0.25) is 0 Å². The maximum atomic E-state index is 4.62. The summed E-state index contributed by atoms with van der Waals surface area (Å²) >= 11 is 0. The van der Waals surface area contributed by atoms with Crippen molar-refractivity contribution in [3.8, 4) is 22.3 Å². The van der Waals surface area contributed by atoms with E-state index in [1.807, 2.05) is 43.8 Å². The van der Waals surface area contributed by atoms with Gasteiger partial charge in [0.05, 0.1) is 0 Å². The molecule has 26 heavy (non-hydrogen) atoms. The minimum atomic E-state index is 0.828. The van der Waals surface area contributed by atoms with Crippen molar-refractivity contribution in [1.82, 2.24) is 29.5 Å². The van der Waals surface area contributed by atoms with E-state index >= 15 is 0 Å². The van der Waals surface area contributed by atoms with E-state index in [0.717, 1.165) is 44.6 Å². The number of rotatable bonds is 2. The van der Waals surface area contributed by atoms with Crippen molar-refractivity contribution in [2.24, 2.45) is 0 Å². The third kappa shape index (κ3) is 2.19. The summed E-state index contributed by atoms with van der Waals surface area (Å²) in [5, 5.41) is 5.30. The molecule has 5 rings (SSSR count). The molecule has 126 valence electrons. The van der Waals surface area contributed by atoms with Crippen LogP contribution in [0.4, 0.5) is 0 Å². The monoisotopic (exact) mass is 340 g/mol. The molecular formula is C20H16N6. The standard InChI is InChI=1S/C20H16N6/c1-12-5-6-21-13(2)19(12)15-7-16-17(9-23-20(16)22-8-15)14-3-4-18-24-11-25-26(18)10-14/h3-11H,1-2H3,(H,22,23). The van der Waals surface area contributed by atoms with Crippen molar-refractivity contribution in [2.45, 2.75) is 13.8 Å². The van der Waals surface area contributed by atoms with Gasteiger partial charge in [0.15, 0.2) is 5.65 Å². The molecule has 0 spiro atoms. The van der Waals surface area contributed by atoms with Gasteiger partial charge in [-0.3, -0.25) is 4.98 Å². The molecule has 1 N–H and O–H groups in total. The number of hydrogen-bond donors (Lipinski definition) is 1. The van der Waals surface area contributed by atoms with Crippen LogP contribution in [0, 0.1) is 13.8 Å². The Labute approximate surface area is 149 Å². The summed E-state index contributed by atoms with van der Waals surface area (Å²) in [4.78, 5) is 16.5. The highest BCUT2D eigenvalue weighted by molar-refractivity contribution is 5.96. The summed E-state index contributed by atoms with van der Waals surface area (Å²) in [5.74, 6) is 0. The number of fused-ring (bicyclic) bond motifs is 2. The van der Waals surface area contributed by atoms with Crippen LogP contribution in [0.2, 0.25) is 0 Å². The lowest BCUT2D eigenvalue weighted by atomic mass is 9.99. The van der Waals surface area contributed by atoms with E-state index in [1.54, 1.807) is 10.8 Å². The number of pyridine rings is 3. The van der Waals surface area contributed by atoms with Gasteiger partial charge in [0, 0.05) is 58.1 Å². The number of aromatic amines is 1. The highest BCUT2D eigenvalue weighted by atomic mass is 15.3. The fraction of sp³-hybridized carbons (Fsp3) is 0.100. The minimum absolute atomic E-state index is 0.828. The van der Waals surface area contributed by atoms with E-state index < -0.39 is 0 Å². The molecule has 0 radical (unpaired) electrons. The molecule has 5 heterocycles. The van der Waals surface area contributed by atoms with Crippen LogP contribution in [0.5, 0.6) is 0 Å². The van der Waals surface area contributed by atoms with Crippen LogP contribution in [-0.4, -0.2) is 29.5 Å². The molecule has 0 aliphatic heterocycles. The smallest absolute Gasteiger partial charge is 0.155 e. The minimum Gasteiger partial charge on any atom is -0.346 e. The maximum absolute atomic E-state index is 4.62. The second-order valence-electron chi connectivity index (χ2n) is 6.39. The van der Waals surface area contributed by atoms with Gasteiger partial charge in [0.1, 0.15) is 12.0 Å². The summed E-state index contributed by atoms with van der Waals surface area (Å²) < 4.78 is 1.78. The molecule has 0 aliphatic carbocycles. The first-order chi connectivity index (χ1) is 12.7. The molecule has 0 saturated heterocycles. The van der Waals surface area contributed by atoms with E-state index in [2.05, 4.69) is 44.1 Å². The molecular weight excluding hydrogens is 324 g/mol. The molecule has 6 heteroatoms. The number of nitrogens with one attached hydrogen (secondary N) is 1. The van der Waals surface area contributed by atoms with Crippen molar-refractivity contribution in [3.05, 3.63) is 66.6 Å². The molecule has 0 fully saturated rings. The normalized spacial score (nSPS) is 11.5. The number of aromatic nitrogens is 6. The van der Waals surface area contributed by atoms with E-state index in [1.165, 1.54) is 5.56 Å². The predicted octanol–water partition coefficient (Wildman–Crippen LogP) is 3.95. The Morgan fingerprint density at radius 1 is 1.00 bits per heavy atom. The van der Waals surface area contributed by atoms with Crippen LogP contribution in [0.1, 0.15) is 11.3 Å². The van der Waals surface area contributed by atoms with E-state index in [0.29, 0.717) is 0 Å². The Hall–Kier alpha value is -3.54. The van der Waals surface area contributed by atoms with Crippen molar-refractivity contribution < 1.29 is 0 Å². The average Bonchev–Trinajstić information content (AvgIpc) is 3.27. The third-order valence-corrected chi connectivity index (χ3v) is 4.75. The Morgan fingerprint density at radius 3 is 2.81 bits per heavy atom. The number of aryl methyl sites for hydroxylation is 2. The molecule has 6 nitrogen and oxygen atoms in total. The molecule has 5 aromatic heterocycles. The molecule has 5 aromatic rings. The zero-order valence-electron chi connectivity index (χ0n) is 14.4. The van der Waals surface area contributed by atoms with Crippen LogP contribution >= 0.6 is 0 Å². The second kappa shape index (κ2) is 5.49. The van der Waals surface area contributed by atoms with Gasteiger partial charge in [0.25, 0.3) is 0 Å². The van der Waals surface area contributed by atoms with Crippen LogP contribution in [0.15, 0.2) is 55.4 Å². The lowest BCUT2D eigenvalue weighted by Crippen LogP contribution is -1.92. The predicted molar refractivity (Wildman–Crippen MR) is 101 cm³/mol. The topological polar surface area (TPSA) is 71.8 Å². The number of nitrogens with zero attached hydrogens (tertiary/aromatic N) is 5. The second-order valence-corrected chi connectivity index (χ2v) is 6.39. The molecule has 0 unspecified atom stereocenters. The van der Waals surface area contributed by atoms with Crippen molar-refractivity contribution in [2.75, 3.05) is 0 Å². The molecule has 0 aliphatic rings. The van der Waals surface area contributed by atoms with Crippen LogP contribution in [0.3, 0.4) is 0 Å². The number of hydrogen-bond acceptors (Lipinski definition) is 4. The summed E-state index contributed by atoms with van der Waals surface area (Å²) in [6.07, 6.45) is 9.28. The summed E-state index contributed by atoms with van der Waals surface area (Å²) in [7, 11) is 0. The third-order valence-electron chi connectivity index (χ3n) is 4.75. The van der Waals surface area contributed by atoms with Gasteiger partial charge in [-0.2, -0.15) is 5.10 Å². The fourth-order valence-electron chi connectivity index (χ4n) is 3.49. The first-order valence-electron chi connectivity index (χ1n) is 8.40. The Bertz CT molecular complexity index is 1240. The average molecular weight is 340 g/mol.